The number of aryl methyl sites for hydroxylation is 1. The molecule has 0 aromatic heterocycles. The summed E-state index contributed by atoms with van der Waals surface area (Å²) in [5.41, 5.74) is 2.81. The van der Waals surface area contributed by atoms with Gasteiger partial charge in [-0.3, -0.25) is 9.59 Å². The maximum Gasteiger partial charge on any atom is 0.306 e. The number of carbonyl (C=O) groups excluding carboxylic acids is 1. The lowest BCUT2D eigenvalue weighted by Gasteiger charge is -2.36. The minimum atomic E-state index is -0.728. The average molecular weight is 315 g/mol. The first-order valence-electron chi connectivity index (χ1n) is 8.62. The van der Waals surface area contributed by atoms with E-state index in [0.29, 0.717) is 31.8 Å². The first kappa shape index (κ1) is 16.0. The molecule has 2 aliphatic rings. The van der Waals surface area contributed by atoms with Crippen molar-refractivity contribution in [3.8, 4) is 0 Å². The van der Waals surface area contributed by atoms with Crippen molar-refractivity contribution in [2.45, 2.75) is 39.0 Å². The van der Waals surface area contributed by atoms with Gasteiger partial charge in [-0.15, -0.1) is 0 Å². The van der Waals surface area contributed by atoms with Gasteiger partial charge in [0, 0.05) is 19.5 Å². The molecule has 0 saturated carbocycles. The number of carbonyl (C=O) groups is 2. The van der Waals surface area contributed by atoms with E-state index >= 15 is 0 Å². The number of likely N-dealkylation sites (tertiary alicyclic amines) is 1. The number of carboxylic acid groups (broad SMARTS) is 1. The number of nitrogens with zero attached hydrogens (tertiary/aromatic N) is 1. The standard InChI is InChI=1S/C19H25NO3/c1-13-12-20(9-8-17(13)19(22)23)18(21)11-14-6-7-15-4-2-3-5-16(15)10-14/h2-5,13-14,17H,6-12H2,1H3,(H,22,23). The Labute approximate surface area is 137 Å². The molecule has 3 rings (SSSR count). The molecule has 1 heterocycles. The Morgan fingerprint density at radius 2 is 1.96 bits per heavy atom. The number of hydrogen-bond donors (Lipinski definition) is 1. The van der Waals surface area contributed by atoms with Gasteiger partial charge in [-0.2, -0.15) is 0 Å². The number of aliphatic carboxylic acids is 1. The van der Waals surface area contributed by atoms with Crippen LogP contribution in [0.15, 0.2) is 24.3 Å². The molecule has 0 bridgehead atoms. The third-order valence-electron chi connectivity index (χ3n) is 5.49. The fraction of sp³-hybridized carbons (Fsp3) is 0.579. The van der Waals surface area contributed by atoms with Crippen LogP contribution in [0.2, 0.25) is 0 Å². The van der Waals surface area contributed by atoms with Crippen LogP contribution in [0.3, 0.4) is 0 Å². The highest BCUT2D eigenvalue weighted by Crippen LogP contribution is 2.29. The minimum Gasteiger partial charge on any atom is -0.481 e. The van der Waals surface area contributed by atoms with Gasteiger partial charge in [0.15, 0.2) is 0 Å². The third-order valence-corrected chi connectivity index (χ3v) is 5.49. The zero-order valence-corrected chi connectivity index (χ0v) is 13.7. The van der Waals surface area contributed by atoms with Crippen molar-refractivity contribution in [1.82, 2.24) is 4.90 Å². The summed E-state index contributed by atoms with van der Waals surface area (Å²) >= 11 is 0. The van der Waals surface area contributed by atoms with Crippen LogP contribution in [0.5, 0.6) is 0 Å². The molecule has 1 N–H and O–H groups in total. The first-order chi connectivity index (χ1) is 11.0. The Morgan fingerprint density at radius 1 is 1.22 bits per heavy atom. The summed E-state index contributed by atoms with van der Waals surface area (Å²) in [5.74, 6) is -0.374. The maximum absolute atomic E-state index is 12.6. The predicted octanol–water partition coefficient (Wildman–Crippen LogP) is 2.75. The highest BCUT2D eigenvalue weighted by atomic mass is 16.4. The molecule has 3 unspecified atom stereocenters. The Morgan fingerprint density at radius 3 is 2.65 bits per heavy atom. The molecule has 1 aliphatic carbocycles. The van der Waals surface area contributed by atoms with Crippen molar-refractivity contribution in [1.29, 1.82) is 0 Å². The van der Waals surface area contributed by atoms with E-state index in [-0.39, 0.29) is 17.7 Å². The SMILES string of the molecule is CC1CN(C(=O)CC2CCc3ccccc3C2)CCC1C(=O)O. The maximum atomic E-state index is 12.6. The van der Waals surface area contributed by atoms with Gasteiger partial charge < -0.3 is 10.0 Å². The van der Waals surface area contributed by atoms with Gasteiger partial charge >= 0.3 is 5.97 Å². The van der Waals surface area contributed by atoms with Crippen LogP contribution >= 0.6 is 0 Å². The number of hydrogen-bond acceptors (Lipinski definition) is 2. The average Bonchev–Trinajstić information content (AvgIpc) is 2.54. The van der Waals surface area contributed by atoms with Gasteiger partial charge in [0.25, 0.3) is 0 Å². The molecule has 124 valence electrons. The molecule has 1 aliphatic heterocycles. The molecule has 4 heteroatoms. The second-order valence-corrected chi connectivity index (χ2v) is 7.13. The smallest absolute Gasteiger partial charge is 0.306 e. The summed E-state index contributed by atoms with van der Waals surface area (Å²) < 4.78 is 0. The lowest BCUT2D eigenvalue weighted by molar-refractivity contribution is -0.148. The highest BCUT2D eigenvalue weighted by molar-refractivity contribution is 5.77. The molecule has 1 saturated heterocycles. The monoisotopic (exact) mass is 315 g/mol. The van der Waals surface area contributed by atoms with E-state index in [4.69, 9.17) is 0 Å². The number of carboxylic acids is 1. The van der Waals surface area contributed by atoms with Crippen LogP contribution < -0.4 is 0 Å². The molecule has 1 aromatic rings. The van der Waals surface area contributed by atoms with E-state index in [1.807, 2.05) is 11.8 Å². The summed E-state index contributed by atoms with van der Waals surface area (Å²) in [5, 5.41) is 9.18. The van der Waals surface area contributed by atoms with Crippen LogP contribution in [-0.2, 0) is 22.4 Å². The second-order valence-electron chi connectivity index (χ2n) is 7.13. The Kier molecular flexibility index (Phi) is 4.69. The number of benzene rings is 1. The normalized spacial score (nSPS) is 27.3. The zero-order valence-electron chi connectivity index (χ0n) is 13.7. The van der Waals surface area contributed by atoms with Crippen LogP contribution in [0.4, 0.5) is 0 Å². The molecule has 1 fully saturated rings. The van der Waals surface area contributed by atoms with Crippen molar-refractivity contribution < 1.29 is 14.7 Å². The lowest BCUT2D eigenvalue weighted by atomic mass is 9.81. The molecular formula is C19H25NO3. The molecule has 4 nitrogen and oxygen atoms in total. The number of fused-ring (bicyclic) bond motifs is 1. The van der Waals surface area contributed by atoms with E-state index in [9.17, 15) is 14.7 Å². The van der Waals surface area contributed by atoms with Gasteiger partial charge in [-0.25, -0.2) is 0 Å². The van der Waals surface area contributed by atoms with Gasteiger partial charge in [-0.1, -0.05) is 31.2 Å². The second kappa shape index (κ2) is 6.73. The van der Waals surface area contributed by atoms with E-state index < -0.39 is 5.97 Å². The fourth-order valence-corrected chi connectivity index (χ4v) is 4.06. The van der Waals surface area contributed by atoms with E-state index in [1.54, 1.807) is 0 Å². The van der Waals surface area contributed by atoms with Crippen molar-refractivity contribution in [2.75, 3.05) is 13.1 Å². The highest BCUT2D eigenvalue weighted by Gasteiger charge is 2.33. The summed E-state index contributed by atoms with van der Waals surface area (Å²) in [6, 6.07) is 8.51. The summed E-state index contributed by atoms with van der Waals surface area (Å²) in [4.78, 5) is 25.6. The van der Waals surface area contributed by atoms with Crippen LogP contribution in [0.1, 0.15) is 37.3 Å². The molecule has 1 aromatic carbocycles. The van der Waals surface area contributed by atoms with Gasteiger partial charge in [-0.05, 0) is 48.6 Å². The van der Waals surface area contributed by atoms with Crippen LogP contribution in [-0.4, -0.2) is 35.0 Å². The summed E-state index contributed by atoms with van der Waals surface area (Å²) in [7, 11) is 0. The van der Waals surface area contributed by atoms with Crippen molar-refractivity contribution in [2.24, 2.45) is 17.8 Å². The van der Waals surface area contributed by atoms with Gasteiger partial charge in [0.2, 0.25) is 5.91 Å². The van der Waals surface area contributed by atoms with Gasteiger partial charge in [0.1, 0.15) is 0 Å². The third kappa shape index (κ3) is 3.57. The van der Waals surface area contributed by atoms with E-state index in [2.05, 4.69) is 24.3 Å². The number of piperidine rings is 1. The van der Waals surface area contributed by atoms with Crippen LogP contribution in [0.25, 0.3) is 0 Å². The first-order valence-corrected chi connectivity index (χ1v) is 8.62. The molecule has 0 radical (unpaired) electrons. The molecular weight excluding hydrogens is 290 g/mol. The van der Waals surface area contributed by atoms with E-state index in [1.165, 1.54) is 11.1 Å². The Bertz CT molecular complexity index is 598. The Hall–Kier alpha value is -1.84. The lowest BCUT2D eigenvalue weighted by Crippen LogP contribution is -2.45. The fourth-order valence-electron chi connectivity index (χ4n) is 4.06. The molecule has 3 atom stereocenters. The van der Waals surface area contributed by atoms with Crippen molar-refractivity contribution in [3.63, 3.8) is 0 Å². The quantitative estimate of drug-likeness (QED) is 0.933. The van der Waals surface area contributed by atoms with E-state index in [0.717, 1.165) is 19.3 Å². The van der Waals surface area contributed by atoms with Crippen molar-refractivity contribution >= 4 is 11.9 Å². The zero-order chi connectivity index (χ0) is 16.4. The van der Waals surface area contributed by atoms with Gasteiger partial charge in [0.05, 0.1) is 5.92 Å². The topological polar surface area (TPSA) is 57.6 Å². The number of amides is 1. The molecule has 1 amide bonds. The van der Waals surface area contributed by atoms with Crippen molar-refractivity contribution in [3.05, 3.63) is 35.4 Å². The molecule has 0 spiro atoms. The minimum absolute atomic E-state index is 0.0391. The largest absolute Gasteiger partial charge is 0.481 e. The van der Waals surface area contributed by atoms with Crippen LogP contribution in [0, 0.1) is 17.8 Å². The predicted molar refractivity (Wildman–Crippen MR) is 88.1 cm³/mol. The summed E-state index contributed by atoms with van der Waals surface area (Å²) in [6.07, 6.45) is 4.30. The summed E-state index contributed by atoms with van der Waals surface area (Å²) in [6.45, 7) is 3.11. The Balaban J connectivity index is 1.55. The number of rotatable bonds is 3. The molecule has 23 heavy (non-hydrogen) atoms.